The van der Waals surface area contributed by atoms with E-state index in [-0.39, 0.29) is 11.9 Å². The first-order valence-corrected chi connectivity index (χ1v) is 4.75. The van der Waals surface area contributed by atoms with E-state index in [0.717, 1.165) is 19.3 Å². The molecule has 0 saturated heterocycles. The zero-order valence-corrected chi connectivity index (χ0v) is 7.97. The van der Waals surface area contributed by atoms with Crippen molar-refractivity contribution < 1.29 is 4.79 Å². The topological polar surface area (TPSA) is 41.1 Å². The van der Waals surface area contributed by atoms with E-state index in [2.05, 4.69) is 16.6 Å². The molecule has 3 heteroatoms. The lowest BCUT2D eigenvalue weighted by Gasteiger charge is -2.09. The van der Waals surface area contributed by atoms with E-state index in [1.165, 1.54) is 0 Å². The van der Waals surface area contributed by atoms with Gasteiger partial charge < -0.3 is 5.32 Å². The van der Waals surface area contributed by atoms with E-state index in [4.69, 9.17) is 6.42 Å². The molecule has 1 saturated carbocycles. The summed E-state index contributed by atoms with van der Waals surface area (Å²) in [5.74, 6) is 2.64. The summed E-state index contributed by atoms with van der Waals surface area (Å²) in [4.78, 5) is 11.2. The summed E-state index contributed by atoms with van der Waals surface area (Å²) in [6.07, 6.45) is 8.34. The Morgan fingerprint density at radius 2 is 2.38 bits per heavy atom. The lowest BCUT2D eigenvalue weighted by atomic mass is 10.2. The van der Waals surface area contributed by atoms with Gasteiger partial charge in [-0.05, 0) is 19.3 Å². The number of nitrogens with one attached hydrogen (secondary N) is 2. The van der Waals surface area contributed by atoms with Gasteiger partial charge in [-0.25, -0.2) is 0 Å². The lowest BCUT2D eigenvalue weighted by molar-refractivity contribution is -0.120. The molecule has 0 bridgehead atoms. The molecular weight excluding hydrogens is 164 g/mol. The van der Waals surface area contributed by atoms with Crippen LogP contribution < -0.4 is 10.6 Å². The highest BCUT2D eigenvalue weighted by Crippen LogP contribution is 2.18. The molecule has 1 rings (SSSR count). The Morgan fingerprint density at radius 3 is 2.85 bits per heavy atom. The first-order valence-electron chi connectivity index (χ1n) is 4.75. The third-order valence-corrected chi connectivity index (χ3v) is 2.06. The van der Waals surface area contributed by atoms with Gasteiger partial charge in [0.25, 0.3) is 0 Å². The summed E-state index contributed by atoms with van der Waals surface area (Å²) in [6.45, 7) is 2.33. The van der Waals surface area contributed by atoms with Gasteiger partial charge in [-0.2, -0.15) is 0 Å². The second-order valence-electron chi connectivity index (χ2n) is 3.35. The minimum absolute atomic E-state index is 0.0185. The molecule has 3 nitrogen and oxygen atoms in total. The van der Waals surface area contributed by atoms with Crippen molar-refractivity contribution in [2.45, 2.75) is 38.3 Å². The Labute approximate surface area is 79.3 Å². The number of hydrogen-bond acceptors (Lipinski definition) is 2. The molecule has 0 spiro atoms. The Kier molecular flexibility index (Phi) is 3.78. The highest BCUT2D eigenvalue weighted by atomic mass is 16.2. The van der Waals surface area contributed by atoms with Gasteiger partial charge in [0.05, 0.1) is 12.6 Å². The van der Waals surface area contributed by atoms with Crippen LogP contribution in [0.4, 0.5) is 0 Å². The lowest BCUT2D eigenvalue weighted by Crippen LogP contribution is -2.39. The van der Waals surface area contributed by atoms with Gasteiger partial charge >= 0.3 is 0 Å². The molecule has 1 unspecified atom stereocenters. The van der Waals surface area contributed by atoms with Crippen LogP contribution >= 0.6 is 0 Å². The minimum Gasteiger partial charge on any atom is -0.352 e. The number of carbonyl (C=O) groups excluding carboxylic acids is 1. The molecule has 0 heterocycles. The zero-order chi connectivity index (χ0) is 9.68. The van der Waals surface area contributed by atoms with E-state index in [0.29, 0.717) is 12.6 Å². The summed E-state index contributed by atoms with van der Waals surface area (Å²) in [5.41, 5.74) is 0. The van der Waals surface area contributed by atoms with Crippen LogP contribution in [0.3, 0.4) is 0 Å². The summed E-state index contributed by atoms with van der Waals surface area (Å²) in [5, 5.41) is 5.89. The molecule has 1 fully saturated rings. The molecule has 0 aromatic heterocycles. The average molecular weight is 180 g/mol. The zero-order valence-electron chi connectivity index (χ0n) is 7.97. The van der Waals surface area contributed by atoms with Gasteiger partial charge in [0, 0.05) is 6.04 Å². The third kappa shape index (κ3) is 3.95. The van der Waals surface area contributed by atoms with Crippen LogP contribution in [-0.2, 0) is 4.79 Å². The number of terminal acetylenes is 1. The molecule has 0 aromatic rings. The summed E-state index contributed by atoms with van der Waals surface area (Å²) in [6, 6.07) is 0.449. The second-order valence-corrected chi connectivity index (χ2v) is 3.35. The van der Waals surface area contributed by atoms with Crippen molar-refractivity contribution in [2.75, 3.05) is 6.54 Å². The third-order valence-electron chi connectivity index (χ3n) is 2.06. The molecule has 1 aliphatic rings. The summed E-state index contributed by atoms with van der Waals surface area (Å²) in [7, 11) is 0. The van der Waals surface area contributed by atoms with Crippen molar-refractivity contribution in [2.24, 2.45) is 0 Å². The molecule has 1 amide bonds. The van der Waals surface area contributed by atoms with E-state index in [9.17, 15) is 4.79 Å². The van der Waals surface area contributed by atoms with Crippen molar-refractivity contribution in [1.82, 2.24) is 10.6 Å². The number of carbonyl (C=O) groups is 1. The molecule has 2 N–H and O–H groups in total. The van der Waals surface area contributed by atoms with Crippen molar-refractivity contribution >= 4 is 5.91 Å². The van der Waals surface area contributed by atoms with Crippen molar-refractivity contribution in [1.29, 1.82) is 0 Å². The molecule has 72 valence electrons. The predicted molar refractivity (Wildman–Crippen MR) is 52.1 cm³/mol. The summed E-state index contributed by atoms with van der Waals surface area (Å²) < 4.78 is 0. The summed E-state index contributed by atoms with van der Waals surface area (Å²) >= 11 is 0. The van der Waals surface area contributed by atoms with Gasteiger partial charge in [0.1, 0.15) is 0 Å². The van der Waals surface area contributed by atoms with Crippen LogP contribution in [0.5, 0.6) is 0 Å². The Morgan fingerprint density at radius 1 is 1.69 bits per heavy atom. The highest BCUT2D eigenvalue weighted by Gasteiger charge is 2.22. The molecule has 1 atom stereocenters. The quantitative estimate of drug-likeness (QED) is 0.596. The van der Waals surface area contributed by atoms with Crippen molar-refractivity contribution in [3.63, 3.8) is 0 Å². The van der Waals surface area contributed by atoms with E-state index in [1.54, 1.807) is 0 Å². The van der Waals surface area contributed by atoms with Gasteiger partial charge in [0.15, 0.2) is 0 Å². The van der Waals surface area contributed by atoms with E-state index >= 15 is 0 Å². The van der Waals surface area contributed by atoms with E-state index < -0.39 is 0 Å². The molecule has 0 aromatic carbocycles. The van der Waals surface area contributed by atoms with Gasteiger partial charge in [-0.15, -0.1) is 6.42 Å². The standard InChI is InChI=1S/C10H16N2O/c1-3-8(4-2)11-7-10(13)12-9-5-6-9/h1,8-9,11H,4-7H2,2H3,(H,12,13). The fourth-order valence-corrected chi connectivity index (χ4v) is 1.04. The van der Waals surface area contributed by atoms with Crippen LogP contribution in [-0.4, -0.2) is 24.5 Å². The van der Waals surface area contributed by atoms with Crippen LogP contribution in [0.25, 0.3) is 0 Å². The monoisotopic (exact) mass is 180 g/mol. The molecule has 1 aliphatic carbocycles. The second kappa shape index (κ2) is 4.88. The van der Waals surface area contributed by atoms with Crippen molar-refractivity contribution in [3.8, 4) is 12.3 Å². The molecule has 0 aliphatic heterocycles. The smallest absolute Gasteiger partial charge is 0.234 e. The Bertz CT molecular complexity index is 215. The first kappa shape index (κ1) is 10.1. The van der Waals surface area contributed by atoms with Gasteiger partial charge in [0.2, 0.25) is 5.91 Å². The predicted octanol–water partition coefficient (Wildman–Crippen LogP) is 0.266. The van der Waals surface area contributed by atoms with Crippen molar-refractivity contribution in [3.05, 3.63) is 0 Å². The van der Waals surface area contributed by atoms with Crippen LogP contribution in [0.1, 0.15) is 26.2 Å². The largest absolute Gasteiger partial charge is 0.352 e. The SMILES string of the molecule is C#CC(CC)NCC(=O)NC1CC1. The molecule has 0 radical (unpaired) electrons. The minimum atomic E-state index is 0.0185. The maximum atomic E-state index is 11.2. The Hall–Kier alpha value is -1.01. The normalized spacial score (nSPS) is 17.5. The fraction of sp³-hybridized carbons (Fsp3) is 0.700. The van der Waals surface area contributed by atoms with Gasteiger partial charge in [-0.3, -0.25) is 10.1 Å². The fourth-order valence-electron chi connectivity index (χ4n) is 1.04. The first-order chi connectivity index (χ1) is 6.26. The highest BCUT2D eigenvalue weighted by molar-refractivity contribution is 5.78. The number of amides is 1. The Balaban J connectivity index is 2.09. The number of hydrogen-bond donors (Lipinski definition) is 2. The van der Waals surface area contributed by atoms with E-state index in [1.807, 2.05) is 6.92 Å². The van der Waals surface area contributed by atoms with Crippen LogP contribution in [0, 0.1) is 12.3 Å². The maximum Gasteiger partial charge on any atom is 0.234 e. The molecular formula is C10H16N2O. The number of rotatable bonds is 5. The van der Waals surface area contributed by atoms with Crippen LogP contribution in [0.15, 0.2) is 0 Å². The van der Waals surface area contributed by atoms with Crippen LogP contribution in [0.2, 0.25) is 0 Å². The average Bonchev–Trinajstić information content (AvgIpc) is 2.90. The maximum absolute atomic E-state index is 11.2. The van der Waals surface area contributed by atoms with Gasteiger partial charge in [-0.1, -0.05) is 12.8 Å². The molecule has 13 heavy (non-hydrogen) atoms.